The third kappa shape index (κ3) is 3.92. The number of rotatable bonds is 5. The van der Waals surface area contributed by atoms with Gasteiger partial charge in [0.2, 0.25) is 0 Å². The average molecular weight is 212 g/mol. The number of hydrogen-bond acceptors (Lipinski definition) is 3. The Morgan fingerprint density at radius 2 is 2.27 bits per heavy atom. The van der Waals surface area contributed by atoms with Crippen LogP contribution >= 0.6 is 0 Å². The van der Waals surface area contributed by atoms with Gasteiger partial charge in [0.05, 0.1) is 0 Å². The largest absolute Gasteiger partial charge is 0.302 e. The average Bonchev–Trinajstić information content (AvgIpc) is 2.50. The summed E-state index contributed by atoms with van der Waals surface area (Å²) in [4.78, 5) is 15.8. The lowest BCUT2D eigenvalue weighted by atomic mass is 10.1. The van der Waals surface area contributed by atoms with Gasteiger partial charge in [-0.15, -0.1) is 0 Å². The number of carbonyl (C=O) groups excluding carboxylic acids is 1. The Morgan fingerprint density at radius 3 is 2.73 bits per heavy atom. The molecule has 3 heteroatoms. The van der Waals surface area contributed by atoms with E-state index < -0.39 is 0 Å². The van der Waals surface area contributed by atoms with Crippen LogP contribution in [0.15, 0.2) is 0 Å². The Hall–Kier alpha value is -0.410. The van der Waals surface area contributed by atoms with Gasteiger partial charge in [0.1, 0.15) is 5.78 Å². The van der Waals surface area contributed by atoms with Gasteiger partial charge in [0.25, 0.3) is 0 Å². The number of Topliss-reactive ketones (excluding diaryl/α,β-unsaturated/α-hetero) is 1. The van der Waals surface area contributed by atoms with Crippen LogP contribution in [-0.4, -0.2) is 54.9 Å². The molecule has 0 aromatic rings. The first-order chi connectivity index (χ1) is 7.00. The van der Waals surface area contributed by atoms with Crippen molar-refractivity contribution in [1.29, 1.82) is 0 Å². The molecule has 1 aliphatic rings. The molecule has 2 unspecified atom stereocenters. The summed E-state index contributed by atoms with van der Waals surface area (Å²) in [5.74, 6) is 0.286. The van der Waals surface area contributed by atoms with Crippen molar-refractivity contribution < 1.29 is 4.79 Å². The highest BCUT2D eigenvalue weighted by Crippen LogP contribution is 2.16. The Balaban J connectivity index is 2.33. The fraction of sp³-hybridized carbons (Fsp3) is 0.917. The summed E-state index contributed by atoms with van der Waals surface area (Å²) < 4.78 is 0. The molecule has 1 fully saturated rings. The van der Waals surface area contributed by atoms with Crippen molar-refractivity contribution in [3.05, 3.63) is 0 Å². The highest BCUT2D eigenvalue weighted by Gasteiger charge is 2.23. The predicted molar refractivity (Wildman–Crippen MR) is 63.0 cm³/mol. The second-order valence-corrected chi connectivity index (χ2v) is 4.97. The van der Waals surface area contributed by atoms with Crippen molar-refractivity contribution in [2.24, 2.45) is 0 Å². The standard InChI is InChI=1S/C12H24N2O/c1-10(8-11(2)15)14(4)9-12-6-5-7-13(12)3/h10,12H,5-9H2,1-4H3. The lowest BCUT2D eigenvalue weighted by molar-refractivity contribution is -0.118. The van der Waals surface area contributed by atoms with Gasteiger partial charge in [0.15, 0.2) is 0 Å². The lowest BCUT2D eigenvalue weighted by Crippen LogP contribution is -2.41. The van der Waals surface area contributed by atoms with E-state index in [2.05, 4.69) is 30.8 Å². The third-order valence-electron chi connectivity index (χ3n) is 3.51. The molecular formula is C12H24N2O. The van der Waals surface area contributed by atoms with Crippen molar-refractivity contribution in [1.82, 2.24) is 9.80 Å². The number of likely N-dealkylation sites (N-methyl/N-ethyl adjacent to an activating group) is 2. The smallest absolute Gasteiger partial charge is 0.131 e. The third-order valence-corrected chi connectivity index (χ3v) is 3.51. The Labute approximate surface area is 93.4 Å². The van der Waals surface area contributed by atoms with Crippen molar-refractivity contribution >= 4 is 5.78 Å². The van der Waals surface area contributed by atoms with Crippen LogP contribution in [0.2, 0.25) is 0 Å². The Morgan fingerprint density at radius 1 is 1.60 bits per heavy atom. The van der Waals surface area contributed by atoms with E-state index in [1.165, 1.54) is 19.4 Å². The maximum absolute atomic E-state index is 11.0. The highest BCUT2D eigenvalue weighted by atomic mass is 16.1. The first-order valence-electron chi connectivity index (χ1n) is 5.90. The topological polar surface area (TPSA) is 23.6 Å². The summed E-state index contributed by atoms with van der Waals surface area (Å²) in [6.07, 6.45) is 3.29. The quantitative estimate of drug-likeness (QED) is 0.688. The van der Waals surface area contributed by atoms with Crippen LogP contribution in [0.4, 0.5) is 0 Å². The van der Waals surface area contributed by atoms with Crippen LogP contribution in [-0.2, 0) is 4.79 Å². The first kappa shape index (κ1) is 12.7. The van der Waals surface area contributed by atoms with Crippen molar-refractivity contribution in [2.75, 3.05) is 27.2 Å². The number of carbonyl (C=O) groups is 1. The molecule has 0 saturated carbocycles. The number of hydrogen-bond donors (Lipinski definition) is 0. The van der Waals surface area contributed by atoms with Gasteiger partial charge >= 0.3 is 0 Å². The zero-order valence-electron chi connectivity index (χ0n) is 10.5. The molecule has 0 N–H and O–H groups in total. The molecule has 1 aliphatic heterocycles. The van der Waals surface area contributed by atoms with E-state index in [-0.39, 0.29) is 5.78 Å². The molecule has 0 aromatic heterocycles. The molecule has 0 spiro atoms. The van der Waals surface area contributed by atoms with Gasteiger partial charge in [-0.25, -0.2) is 0 Å². The van der Waals surface area contributed by atoms with Gasteiger partial charge in [-0.2, -0.15) is 0 Å². The molecule has 0 amide bonds. The molecular weight excluding hydrogens is 188 g/mol. The van der Waals surface area contributed by atoms with E-state index in [4.69, 9.17) is 0 Å². The molecule has 15 heavy (non-hydrogen) atoms. The molecule has 1 saturated heterocycles. The monoisotopic (exact) mass is 212 g/mol. The minimum Gasteiger partial charge on any atom is -0.302 e. The van der Waals surface area contributed by atoms with Gasteiger partial charge in [-0.1, -0.05) is 0 Å². The normalized spacial score (nSPS) is 24.7. The molecule has 0 bridgehead atoms. The van der Waals surface area contributed by atoms with Crippen LogP contribution in [0.1, 0.15) is 33.1 Å². The number of ketones is 1. The fourth-order valence-electron chi connectivity index (χ4n) is 2.29. The van der Waals surface area contributed by atoms with Crippen molar-refractivity contribution in [3.8, 4) is 0 Å². The molecule has 2 atom stereocenters. The second kappa shape index (κ2) is 5.61. The summed E-state index contributed by atoms with van der Waals surface area (Å²) in [5, 5.41) is 0. The van der Waals surface area contributed by atoms with Crippen LogP contribution in [0.3, 0.4) is 0 Å². The van der Waals surface area contributed by atoms with E-state index in [9.17, 15) is 4.79 Å². The zero-order chi connectivity index (χ0) is 11.4. The van der Waals surface area contributed by atoms with Crippen molar-refractivity contribution in [3.63, 3.8) is 0 Å². The van der Waals surface area contributed by atoms with Crippen molar-refractivity contribution in [2.45, 2.75) is 45.2 Å². The van der Waals surface area contributed by atoms with Gasteiger partial charge in [0, 0.05) is 25.0 Å². The number of nitrogens with zero attached hydrogens (tertiary/aromatic N) is 2. The maximum atomic E-state index is 11.0. The molecule has 88 valence electrons. The molecule has 1 heterocycles. The Bertz CT molecular complexity index is 218. The molecule has 0 aliphatic carbocycles. The molecule has 1 rings (SSSR count). The molecule has 0 radical (unpaired) electrons. The van der Waals surface area contributed by atoms with Crippen LogP contribution in [0.5, 0.6) is 0 Å². The van der Waals surface area contributed by atoms with E-state index >= 15 is 0 Å². The summed E-state index contributed by atoms with van der Waals surface area (Å²) >= 11 is 0. The Kier molecular flexibility index (Phi) is 4.74. The first-order valence-corrected chi connectivity index (χ1v) is 5.90. The zero-order valence-corrected chi connectivity index (χ0v) is 10.5. The van der Waals surface area contributed by atoms with Crippen LogP contribution in [0, 0.1) is 0 Å². The van der Waals surface area contributed by atoms with E-state index in [1.54, 1.807) is 6.92 Å². The summed E-state index contributed by atoms with van der Waals surface area (Å²) in [6, 6.07) is 1.06. The lowest BCUT2D eigenvalue weighted by Gasteiger charge is -2.29. The molecule has 3 nitrogen and oxygen atoms in total. The molecule has 0 aromatic carbocycles. The van der Waals surface area contributed by atoms with E-state index in [0.29, 0.717) is 18.5 Å². The summed E-state index contributed by atoms with van der Waals surface area (Å²) in [7, 11) is 4.32. The van der Waals surface area contributed by atoms with Gasteiger partial charge in [-0.05, 0) is 47.3 Å². The fourth-order valence-corrected chi connectivity index (χ4v) is 2.29. The van der Waals surface area contributed by atoms with Crippen LogP contribution < -0.4 is 0 Å². The maximum Gasteiger partial charge on any atom is 0.131 e. The second-order valence-electron chi connectivity index (χ2n) is 4.97. The summed E-state index contributed by atoms with van der Waals surface area (Å²) in [5.41, 5.74) is 0. The van der Waals surface area contributed by atoms with Gasteiger partial charge in [-0.3, -0.25) is 4.79 Å². The highest BCUT2D eigenvalue weighted by molar-refractivity contribution is 5.76. The SMILES string of the molecule is CC(=O)CC(C)N(C)CC1CCCN1C. The predicted octanol–water partition coefficient (Wildman–Crippen LogP) is 1.38. The van der Waals surface area contributed by atoms with E-state index in [0.717, 1.165) is 6.54 Å². The number of likely N-dealkylation sites (tertiary alicyclic amines) is 1. The summed E-state index contributed by atoms with van der Waals surface area (Å²) in [6.45, 7) is 6.12. The minimum absolute atomic E-state index is 0.286. The van der Waals surface area contributed by atoms with Crippen LogP contribution in [0.25, 0.3) is 0 Å². The minimum atomic E-state index is 0.286. The van der Waals surface area contributed by atoms with Gasteiger partial charge < -0.3 is 9.80 Å². The van der Waals surface area contributed by atoms with E-state index in [1.807, 2.05) is 0 Å².